The largest absolute Gasteiger partial charge is 0.494 e. The van der Waals surface area contributed by atoms with E-state index in [2.05, 4.69) is 26.6 Å². The molecule has 1 aliphatic heterocycles. The minimum Gasteiger partial charge on any atom is -0.494 e. The molecule has 1 heterocycles. The van der Waals surface area contributed by atoms with Crippen molar-refractivity contribution in [3.8, 4) is 5.75 Å². The molecule has 2 aliphatic rings. The summed E-state index contributed by atoms with van der Waals surface area (Å²) in [6.07, 6.45) is 14.6. The highest BCUT2D eigenvalue weighted by Crippen LogP contribution is 2.17. The van der Waals surface area contributed by atoms with E-state index >= 15 is 0 Å². The Bertz CT molecular complexity index is 1490. The Morgan fingerprint density at radius 3 is 2.18 bits per heavy atom. The number of benzene rings is 2. The number of carboxylic acids is 1. The number of Topliss-reactive ketones (excluding diaryl/α,β-unsaturated/α-hetero) is 1. The van der Waals surface area contributed by atoms with Gasteiger partial charge in [-0.2, -0.15) is 0 Å². The topological polar surface area (TPSA) is 209 Å². The zero-order chi connectivity index (χ0) is 40.3. The van der Waals surface area contributed by atoms with Gasteiger partial charge in [0.1, 0.15) is 11.8 Å². The van der Waals surface area contributed by atoms with Gasteiger partial charge in [0.2, 0.25) is 30.0 Å². The number of rotatable bonds is 12. The average molecular weight is 766 g/mol. The fraction of sp³-hybridized carbons (Fsp3) is 0.537. The highest BCUT2D eigenvalue weighted by molar-refractivity contribution is 5.93. The van der Waals surface area contributed by atoms with Crippen LogP contribution in [-0.4, -0.2) is 78.7 Å². The Morgan fingerprint density at radius 1 is 0.891 bits per heavy atom. The highest BCUT2D eigenvalue weighted by atomic mass is 16.5. The second-order valence-electron chi connectivity index (χ2n) is 13.6. The molecule has 5 amide bonds. The van der Waals surface area contributed by atoms with Gasteiger partial charge >= 0.3 is 5.97 Å². The van der Waals surface area contributed by atoms with E-state index in [9.17, 15) is 33.6 Å². The smallest absolute Gasteiger partial charge is 0.330 e. The summed E-state index contributed by atoms with van der Waals surface area (Å²) in [4.78, 5) is 81.7. The molecule has 1 saturated carbocycles. The van der Waals surface area contributed by atoms with E-state index in [1.165, 1.54) is 45.4 Å². The van der Waals surface area contributed by atoms with E-state index in [1.807, 2.05) is 31.2 Å². The van der Waals surface area contributed by atoms with Crippen LogP contribution in [0.2, 0.25) is 0 Å². The van der Waals surface area contributed by atoms with Gasteiger partial charge in [0.15, 0.2) is 11.8 Å². The monoisotopic (exact) mass is 765 g/mol. The number of aliphatic carboxylic acids is 1. The van der Waals surface area contributed by atoms with Gasteiger partial charge in [0.25, 0.3) is 0 Å². The molecule has 6 N–H and O–H groups in total. The summed E-state index contributed by atoms with van der Waals surface area (Å²) >= 11 is 0. The SMILES string of the molecule is C1CCCCC1.CCCCC(NC(=O)C1Cc2cccc(c2)OCCCCCC(=O)NCC(=O)N1)C(C)=O.O=CNCC(=O)NC(C(=O)O)c1ccccc1. The molecule has 0 aromatic heterocycles. The molecule has 0 radical (unpaired) electrons. The van der Waals surface area contributed by atoms with Crippen LogP contribution >= 0.6 is 0 Å². The Hall–Kier alpha value is -5.27. The van der Waals surface area contributed by atoms with Gasteiger partial charge in [0.05, 0.1) is 25.7 Å². The first-order valence-electron chi connectivity index (χ1n) is 19.4. The molecule has 302 valence electrons. The quantitative estimate of drug-likeness (QED) is 0.172. The number of fused-ring (bicyclic) bond motifs is 2. The lowest BCUT2D eigenvalue weighted by atomic mass is 10.0. The lowest BCUT2D eigenvalue weighted by Crippen LogP contribution is -2.53. The second-order valence-corrected chi connectivity index (χ2v) is 13.6. The van der Waals surface area contributed by atoms with E-state index in [-0.39, 0.29) is 31.2 Å². The minimum absolute atomic E-state index is 0.117. The number of carbonyl (C=O) groups is 7. The Kier molecular flexibility index (Phi) is 22.8. The Balaban J connectivity index is 0.000000374. The molecule has 1 aliphatic carbocycles. The van der Waals surface area contributed by atoms with Crippen molar-refractivity contribution in [2.75, 3.05) is 19.7 Å². The van der Waals surface area contributed by atoms with Crippen LogP contribution in [0.25, 0.3) is 0 Å². The number of carbonyl (C=O) groups excluding carboxylic acids is 6. The van der Waals surface area contributed by atoms with Gasteiger partial charge < -0.3 is 36.4 Å². The van der Waals surface area contributed by atoms with Crippen LogP contribution in [0, 0.1) is 0 Å². The molecule has 14 heteroatoms. The fourth-order valence-corrected chi connectivity index (χ4v) is 5.87. The number of unbranched alkanes of at least 4 members (excludes halogenated alkanes) is 1. The minimum atomic E-state index is -1.16. The molecule has 1 fully saturated rings. The third-order valence-corrected chi connectivity index (χ3v) is 8.94. The normalized spacial score (nSPS) is 17.2. The van der Waals surface area contributed by atoms with E-state index in [1.54, 1.807) is 30.3 Å². The van der Waals surface area contributed by atoms with Crippen LogP contribution in [0.1, 0.15) is 114 Å². The number of carboxylic acid groups (broad SMARTS) is 1. The fourth-order valence-electron chi connectivity index (χ4n) is 5.87. The number of amides is 5. The predicted molar refractivity (Wildman–Crippen MR) is 208 cm³/mol. The number of ether oxygens (including phenoxy) is 1. The highest BCUT2D eigenvalue weighted by Gasteiger charge is 2.26. The number of hydrogen-bond acceptors (Lipinski definition) is 8. The van der Waals surface area contributed by atoms with Gasteiger partial charge in [-0.05, 0) is 55.9 Å². The molecule has 0 saturated heterocycles. The van der Waals surface area contributed by atoms with Gasteiger partial charge in [0, 0.05) is 12.8 Å². The summed E-state index contributed by atoms with van der Waals surface area (Å²) in [5.74, 6) is -2.21. The van der Waals surface area contributed by atoms with Crippen LogP contribution in [0.5, 0.6) is 5.75 Å². The van der Waals surface area contributed by atoms with Gasteiger partial charge in [-0.3, -0.25) is 28.8 Å². The molecule has 2 bridgehead atoms. The molecule has 3 atom stereocenters. The van der Waals surface area contributed by atoms with Crippen molar-refractivity contribution < 1.29 is 43.4 Å². The maximum Gasteiger partial charge on any atom is 0.330 e. The van der Waals surface area contributed by atoms with Crippen LogP contribution in [0.4, 0.5) is 0 Å². The van der Waals surface area contributed by atoms with Crippen LogP contribution in [0.15, 0.2) is 54.6 Å². The maximum atomic E-state index is 13.0. The van der Waals surface area contributed by atoms with Crippen molar-refractivity contribution in [2.45, 2.75) is 122 Å². The molecule has 3 unspecified atom stereocenters. The summed E-state index contributed by atoms with van der Waals surface area (Å²) in [5.41, 5.74) is 1.30. The maximum absolute atomic E-state index is 13.0. The predicted octanol–water partition coefficient (Wildman–Crippen LogP) is 4.06. The lowest BCUT2D eigenvalue weighted by Gasteiger charge is -2.23. The third kappa shape index (κ3) is 20.1. The summed E-state index contributed by atoms with van der Waals surface area (Å²) in [6.45, 7) is 3.57. The molecule has 4 rings (SSSR count). The summed E-state index contributed by atoms with van der Waals surface area (Å²) < 4.78 is 5.80. The Morgan fingerprint density at radius 2 is 1.56 bits per heavy atom. The van der Waals surface area contributed by atoms with Crippen molar-refractivity contribution in [1.29, 1.82) is 0 Å². The van der Waals surface area contributed by atoms with Crippen molar-refractivity contribution in [3.05, 3.63) is 65.7 Å². The molecule has 14 nitrogen and oxygen atoms in total. The van der Waals surface area contributed by atoms with Crippen LogP contribution < -0.4 is 31.3 Å². The van der Waals surface area contributed by atoms with Crippen molar-refractivity contribution in [1.82, 2.24) is 26.6 Å². The zero-order valence-electron chi connectivity index (χ0n) is 32.2. The van der Waals surface area contributed by atoms with E-state index in [0.717, 1.165) is 31.2 Å². The lowest BCUT2D eigenvalue weighted by molar-refractivity contribution is -0.142. The van der Waals surface area contributed by atoms with Crippen molar-refractivity contribution in [2.24, 2.45) is 0 Å². The Labute approximate surface area is 324 Å². The molecule has 2 aromatic carbocycles. The third-order valence-electron chi connectivity index (χ3n) is 8.94. The standard InChI is InChI=1S/C24H35N3O5.C11H12N2O4.C6H12/c1-3-4-11-20(17(2)28)27-24(31)21-15-18-9-8-10-19(14-18)32-13-7-5-6-12-22(29)25-16-23(30)26-21;14-7-12-6-9(15)13-10(11(16)17)8-4-2-1-3-5-8;1-2-4-6-5-3-1/h8-10,14,20-21H,3-7,11-13,15-16H2,1-2H3,(H,25,29)(H,26,30)(H,27,31);1-5,7,10H,6H2,(H,12,14)(H,13,15)(H,16,17);1-6H2. The van der Waals surface area contributed by atoms with Crippen LogP contribution in [0.3, 0.4) is 0 Å². The van der Waals surface area contributed by atoms with E-state index < -0.39 is 41.8 Å². The molecular weight excluding hydrogens is 706 g/mol. The van der Waals surface area contributed by atoms with Gasteiger partial charge in [-0.15, -0.1) is 0 Å². The molecule has 2 aromatic rings. The number of hydrogen-bond donors (Lipinski definition) is 6. The average Bonchev–Trinajstić information content (AvgIpc) is 3.19. The number of nitrogens with one attached hydrogen (secondary N) is 5. The number of ketones is 1. The first-order chi connectivity index (χ1) is 26.5. The van der Waals surface area contributed by atoms with Gasteiger partial charge in [-0.1, -0.05) is 101 Å². The second kappa shape index (κ2) is 27.3. The van der Waals surface area contributed by atoms with E-state index in [4.69, 9.17) is 9.84 Å². The first-order valence-corrected chi connectivity index (χ1v) is 19.4. The first kappa shape index (κ1) is 45.9. The molecular formula is C41H59N5O9. The van der Waals surface area contributed by atoms with E-state index in [0.29, 0.717) is 43.6 Å². The molecule has 55 heavy (non-hydrogen) atoms. The zero-order valence-corrected chi connectivity index (χ0v) is 32.2. The molecule has 0 spiro atoms. The summed E-state index contributed by atoms with van der Waals surface area (Å²) in [5, 5.41) is 21.6. The van der Waals surface area contributed by atoms with Crippen molar-refractivity contribution >= 4 is 41.8 Å². The van der Waals surface area contributed by atoms with Gasteiger partial charge in [-0.25, -0.2) is 4.79 Å². The summed E-state index contributed by atoms with van der Waals surface area (Å²) in [6, 6.07) is 13.2. The van der Waals surface area contributed by atoms with Crippen LogP contribution in [-0.2, 0) is 40.0 Å². The summed E-state index contributed by atoms with van der Waals surface area (Å²) in [7, 11) is 0. The van der Waals surface area contributed by atoms with Crippen molar-refractivity contribution in [3.63, 3.8) is 0 Å².